The Morgan fingerprint density at radius 1 is 0.952 bits per heavy atom. The molecule has 0 saturated carbocycles. The van der Waals surface area contributed by atoms with Gasteiger partial charge in [-0.05, 0) is 42.4 Å². The Bertz CT molecular complexity index is 551. The number of halogens is 1. The van der Waals surface area contributed by atoms with E-state index in [0.29, 0.717) is 0 Å². The molecule has 2 rings (SSSR count). The Kier molecular flexibility index (Phi) is 6.43. The summed E-state index contributed by atoms with van der Waals surface area (Å²) in [7, 11) is 2.16. The summed E-state index contributed by atoms with van der Waals surface area (Å²) in [6.07, 6.45) is 0. The summed E-state index contributed by atoms with van der Waals surface area (Å²) in [4.78, 5) is 2.33. The van der Waals surface area contributed by atoms with Crippen LogP contribution in [0.15, 0.2) is 53.0 Å². The van der Waals surface area contributed by atoms with Gasteiger partial charge >= 0.3 is 0 Å². The summed E-state index contributed by atoms with van der Waals surface area (Å²) in [5.41, 5.74) is 4.03. The predicted octanol–water partition coefficient (Wildman–Crippen LogP) is 4.19. The first kappa shape index (κ1) is 16.2. The first-order valence-electron chi connectivity index (χ1n) is 7.39. The van der Waals surface area contributed by atoms with Gasteiger partial charge in [0.1, 0.15) is 0 Å². The van der Waals surface area contributed by atoms with Crippen molar-refractivity contribution in [3.05, 3.63) is 69.7 Å². The summed E-state index contributed by atoms with van der Waals surface area (Å²) >= 11 is 3.52. The van der Waals surface area contributed by atoms with Crippen LogP contribution in [-0.4, -0.2) is 18.5 Å². The van der Waals surface area contributed by atoms with E-state index in [9.17, 15) is 0 Å². The van der Waals surface area contributed by atoms with E-state index in [1.807, 2.05) is 0 Å². The van der Waals surface area contributed by atoms with E-state index in [2.05, 4.69) is 88.6 Å². The monoisotopic (exact) mass is 346 g/mol. The molecule has 21 heavy (non-hydrogen) atoms. The minimum atomic E-state index is 0.949. The van der Waals surface area contributed by atoms with Crippen LogP contribution in [0.1, 0.15) is 23.6 Å². The zero-order chi connectivity index (χ0) is 15.1. The van der Waals surface area contributed by atoms with Gasteiger partial charge in [-0.1, -0.05) is 59.3 Å². The van der Waals surface area contributed by atoms with Crippen molar-refractivity contribution >= 4 is 15.9 Å². The maximum atomic E-state index is 3.52. The average molecular weight is 347 g/mol. The molecule has 0 fully saturated rings. The fraction of sp³-hybridized carbons (Fsp3) is 0.333. The minimum absolute atomic E-state index is 0.949. The van der Waals surface area contributed by atoms with Gasteiger partial charge < -0.3 is 5.32 Å². The standard InChI is InChI=1S/C18H23BrN2/c1-3-20-12-15-7-9-16(10-8-15)13-21(2)14-17-5-4-6-18(19)11-17/h4-11,20H,3,12-14H2,1-2H3. The van der Waals surface area contributed by atoms with Crippen LogP contribution in [0.3, 0.4) is 0 Å². The minimum Gasteiger partial charge on any atom is -0.313 e. The van der Waals surface area contributed by atoms with E-state index in [-0.39, 0.29) is 0 Å². The molecule has 2 nitrogen and oxygen atoms in total. The normalized spacial score (nSPS) is 11.0. The number of nitrogens with zero attached hydrogens (tertiary/aromatic N) is 1. The Morgan fingerprint density at radius 2 is 1.62 bits per heavy atom. The second kappa shape index (κ2) is 8.32. The lowest BCUT2D eigenvalue weighted by Gasteiger charge is -2.17. The molecule has 3 heteroatoms. The topological polar surface area (TPSA) is 15.3 Å². The molecule has 2 aromatic carbocycles. The molecule has 0 saturated heterocycles. The van der Waals surface area contributed by atoms with Crippen molar-refractivity contribution < 1.29 is 0 Å². The molecule has 1 N–H and O–H groups in total. The van der Waals surface area contributed by atoms with E-state index in [4.69, 9.17) is 0 Å². The summed E-state index contributed by atoms with van der Waals surface area (Å²) < 4.78 is 1.14. The number of rotatable bonds is 7. The van der Waals surface area contributed by atoms with Gasteiger partial charge in [0.2, 0.25) is 0 Å². The highest BCUT2D eigenvalue weighted by atomic mass is 79.9. The van der Waals surface area contributed by atoms with Gasteiger partial charge in [0.25, 0.3) is 0 Å². The Hall–Kier alpha value is -1.16. The van der Waals surface area contributed by atoms with E-state index in [0.717, 1.165) is 30.7 Å². The molecule has 0 aliphatic rings. The average Bonchev–Trinajstić information content (AvgIpc) is 2.46. The lowest BCUT2D eigenvalue weighted by Crippen LogP contribution is -2.17. The van der Waals surface area contributed by atoms with Gasteiger partial charge in [-0.3, -0.25) is 4.90 Å². The van der Waals surface area contributed by atoms with E-state index >= 15 is 0 Å². The Labute approximate surface area is 136 Å². The van der Waals surface area contributed by atoms with Crippen LogP contribution >= 0.6 is 15.9 Å². The van der Waals surface area contributed by atoms with Crippen LogP contribution in [0.5, 0.6) is 0 Å². The molecule has 0 heterocycles. The second-order valence-electron chi connectivity index (χ2n) is 5.40. The van der Waals surface area contributed by atoms with Gasteiger partial charge in [-0.15, -0.1) is 0 Å². The zero-order valence-electron chi connectivity index (χ0n) is 12.8. The van der Waals surface area contributed by atoms with Gasteiger partial charge in [-0.25, -0.2) is 0 Å². The molecule has 0 amide bonds. The van der Waals surface area contributed by atoms with Gasteiger partial charge in [0.15, 0.2) is 0 Å². The number of hydrogen-bond donors (Lipinski definition) is 1. The third-order valence-corrected chi connectivity index (χ3v) is 3.89. The van der Waals surface area contributed by atoms with Crippen molar-refractivity contribution in [2.45, 2.75) is 26.6 Å². The molecule has 0 bridgehead atoms. The largest absolute Gasteiger partial charge is 0.313 e. The van der Waals surface area contributed by atoms with Crippen LogP contribution in [0.2, 0.25) is 0 Å². The highest BCUT2D eigenvalue weighted by Gasteiger charge is 2.03. The van der Waals surface area contributed by atoms with Crippen molar-refractivity contribution in [3.63, 3.8) is 0 Å². The van der Waals surface area contributed by atoms with E-state index in [1.54, 1.807) is 0 Å². The molecule has 0 aliphatic carbocycles. The van der Waals surface area contributed by atoms with Crippen molar-refractivity contribution in [2.24, 2.45) is 0 Å². The van der Waals surface area contributed by atoms with Crippen LogP contribution in [0.4, 0.5) is 0 Å². The first-order valence-corrected chi connectivity index (χ1v) is 8.18. The molecule has 0 atom stereocenters. The summed E-state index contributed by atoms with van der Waals surface area (Å²) in [5.74, 6) is 0. The van der Waals surface area contributed by atoms with E-state index in [1.165, 1.54) is 16.7 Å². The molecule has 0 unspecified atom stereocenters. The zero-order valence-corrected chi connectivity index (χ0v) is 14.4. The van der Waals surface area contributed by atoms with Crippen LogP contribution in [0, 0.1) is 0 Å². The number of benzene rings is 2. The smallest absolute Gasteiger partial charge is 0.0234 e. The lowest BCUT2D eigenvalue weighted by molar-refractivity contribution is 0.319. The molecule has 2 aromatic rings. The molecule has 0 radical (unpaired) electrons. The quantitative estimate of drug-likeness (QED) is 0.808. The lowest BCUT2D eigenvalue weighted by atomic mass is 10.1. The van der Waals surface area contributed by atoms with Crippen molar-refractivity contribution in [2.75, 3.05) is 13.6 Å². The summed E-state index contributed by atoms with van der Waals surface area (Å²) in [6.45, 7) is 6.01. The van der Waals surface area contributed by atoms with Gasteiger partial charge in [0, 0.05) is 24.1 Å². The third kappa shape index (κ3) is 5.62. The van der Waals surface area contributed by atoms with Gasteiger partial charge in [-0.2, -0.15) is 0 Å². The molecule has 0 aliphatic heterocycles. The highest BCUT2D eigenvalue weighted by Crippen LogP contribution is 2.14. The van der Waals surface area contributed by atoms with Crippen molar-refractivity contribution in [1.82, 2.24) is 10.2 Å². The number of hydrogen-bond acceptors (Lipinski definition) is 2. The molecular formula is C18H23BrN2. The predicted molar refractivity (Wildman–Crippen MR) is 93.1 cm³/mol. The first-order chi connectivity index (χ1) is 10.2. The van der Waals surface area contributed by atoms with Crippen LogP contribution < -0.4 is 5.32 Å². The fourth-order valence-corrected chi connectivity index (χ4v) is 2.79. The summed E-state index contributed by atoms with van der Waals surface area (Å²) in [6, 6.07) is 17.4. The maximum Gasteiger partial charge on any atom is 0.0234 e. The van der Waals surface area contributed by atoms with E-state index < -0.39 is 0 Å². The number of nitrogens with one attached hydrogen (secondary N) is 1. The van der Waals surface area contributed by atoms with Gasteiger partial charge in [0.05, 0.1) is 0 Å². The fourth-order valence-electron chi connectivity index (χ4n) is 2.35. The van der Waals surface area contributed by atoms with Crippen molar-refractivity contribution in [1.29, 1.82) is 0 Å². The molecule has 0 spiro atoms. The molecule has 0 aromatic heterocycles. The van der Waals surface area contributed by atoms with Crippen LogP contribution in [0.25, 0.3) is 0 Å². The molecular weight excluding hydrogens is 324 g/mol. The second-order valence-corrected chi connectivity index (χ2v) is 6.31. The molecule has 112 valence electrons. The summed E-state index contributed by atoms with van der Waals surface area (Å²) in [5, 5.41) is 3.35. The van der Waals surface area contributed by atoms with Crippen LogP contribution in [-0.2, 0) is 19.6 Å². The van der Waals surface area contributed by atoms with Crippen molar-refractivity contribution in [3.8, 4) is 0 Å². The Balaban J connectivity index is 1.88. The SMILES string of the molecule is CCNCc1ccc(CN(C)Cc2cccc(Br)c2)cc1. The third-order valence-electron chi connectivity index (χ3n) is 3.40. The Morgan fingerprint density at radius 3 is 2.29 bits per heavy atom. The highest BCUT2D eigenvalue weighted by molar-refractivity contribution is 9.10. The maximum absolute atomic E-state index is 3.52.